The monoisotopic (exact) mass is 338 g/mol. The van der Waals surface area contributed by atoms with Gasteiger partial charge in [0.2, 0.25) is 0 Å². The van der Waals surface area contributed by atoms with E-state index in [4.69, 9.17) is 9.47 Å². The lowest BCUT2D eigenvalue weighted by Gasteiger charge is -2.23. The van der Waals surface area contributed by atoms with E-state index >= 15 is 0 Å². The Morgan fingerprint density at radius 1 is 0.880 bits per heavy atom. The maximum absolute atomic E-state index is 12.9. The molecule has 2 aromatic rings. The molecule has 0 heterocycles. The summed E-state index contributed by atoms with van der Waals surface area (Å²) in [5.74, 6) is -1.14. The van der Waals surface area contributed by atoms with Crippen molar-refractivity contribution in [3.05, 3.63) is 64.2 Å². The zero-order chi connectivity index (χ0) is 18.4. The first-order chi connectivity index (χ1) is 11.7. The molecular formula is C20H18O5. The molecule has 25 heavy (non-hydrogen) atoms. The zero-order valence-electron chi connectivity index (χ0n) is 14.5. The minimum atomic E-state index is -0.690. The van der Waals surface area contributed by atoms with E-state index in [1.807, 2.05) is 0 Å². The number of ether oxygens (including phenoxy) is 2. The molecule has 0 aromatic heterocycles. The summed E-state index contributed by atoms with van der Waals surface area (Å²) in [5, 5.41) is 0. The van der Waals surface area contributed by atoms with Gasteiger partial charge in [-0.3, -0.25) is 9.59 Å². The number of benzene rings is 2. The largest absolute Gasteiger partial charge is 0.495 e. The van der Waals surface area contributed by atoms with E-state index in [9.17, 15) is 14.4 Å². The van der Waals surface area contributed by atoms with Crippen molar-refractivity contribution in [2.24, 2.45) is 0 Å². The number of hydrogen-bond donors (Lipinski definition) is 0. The predicted octanol–water partition coefficient (Wildman–Crippen LogP) is 3.43. The molecule has 0 bridgehead atoms. The number of fused-ring (bicyclic) bond motifs is 2. The molecule has 0 radical (unpaired) electrons. The van der Waals surface area contributed by atoms with E-state index < -0.39 is 11.6 Å². The van der Waals surface area contributed by atoms with E-state index in [0.29, 0.717) is 11.1 Å². The second-order valence-corrected chi connectivity index (χ2v) is 6.77. The smallest absolute Gasteiger partial charge is 0.342 e. The molecule has 5 nitrogen and oxygen atoms in total. The molecule has 2 aromatic carbocycles. The van der Waals surface area contributed by atoms with Gasteiger partial charge >= 0.3 is 5.97 Å². The van der Waals surface area contributed by atoms with E-state index in [1.165, 1.54) is 19.2 Å². The Bertz CT molecular complexity index is 903. The standard InChI is InChI=1S/C20H18O5/c1-20(2,3)25-19(23)14-10-9-13-15(18(14)24-4)17(22)12-8-6-5-7-11(12)16(13)21/h5-10H,1-4H3. The van der Waals surface area contributed by atoms with Gasteiger partial charge in [-0.15, -0.1) is 0 Å². The minimum absolute atomic E-state index is 0.0691. The fraction of sp³-hybridized carbons (Fsp3) is 0.250. The average molecular weight is 338 g/mol. The first kappa shape index (κ1) is 16.9. The van der Waals surface area contributed by atoms with Crippen LogP contribution in [0.25, 0.3) is 0 Å². The van der Waals surface area contributed by atoms with Crippen molar-refractivity contribution in [3.8, 4) is 5.75 Å². The van der Waals surface area contributed by atoms with E-state index in [0.717, 1.165) is 0 Å². The molecule has 3 rings (SSSR count). The Morgan fingerprint density at radius 2 is 1.48 bits per heavy atom. The second-order valence-electron chi connectivity index (χ2n) is 6.77. The molecule has 0 unspecified atom stereocenters. The molecule has 0 aliphatic heterocycles. The van der Waals surface area contributed by atoms with Gasteiger partial charge in [0.1, 0.15) is 16.9 Å². The van der Waals surface area contributed by atoms with Crippen LogP contribution in [-0.4, -0.2) is 30.2 Å². The van der Waals surface area contributed by atoms with Crippen molar-refractivity contribution in [3.63, 3.8) is 0 Å². The molecule has 128 valence electrons. The Balaban J connectivity index is 2.19. The highest BCUT2D eigenvalue weighted by Gasteiger charge is 2.35. The Morgan fingerprint density at radius 3 is 2.04 bits per heavy atom. The molecule has 0 N–H and O–H groups in total. The van der Waals surface area contributed by atoms with E-state index in [-0.39, 0.29) is 34.0 Å². The molecule has 0 saturated heterocycles. The van der Waals surface area contributed by atoms with Crippen LogP contribution in [0, 0.1) is 0 Å². The average Bonchev–Trinajstić information content (AvgIpc) is 2.56. The third kappa shape index (κ3) is 2.82. The number of ketones is 2. The van der Waals surface area contributed by atoms with Gasteiger partial charge in [0.05, 0.1) is 12.7 Å². The fourth-order valence-electron chi connectivity index (χ4n) is 2.86. The summed E-state index contributed by atoms with van der Waals surface area (Å²) >= 11 is 0. The number of esters is 1. The lowest BCUT2D eigenvalue weighted by atomic mass is 9.82. The van der Waals surface area contributed by atoms with Gasteiger partial charge in [-0.2, -0.15) is 0 Å². The Hall–Kier alpha value is -2.95. The number of rotatable bonds is 2. The summed E-state index contributed by atoms with van der Waals surface area (Å²) in [4.78, 5) is 38.1. The van der Waals surface area contributed by atoms with E-state index in [2.05, 4.69) is 0 Å². The van der Waals surface area contributed by atoms with Crippen molar-refractivity contribution >= 4 is 17.5 Å². The first-order valence-electron chi connectivity index (χ1n) is 7.87. The van der Waals surface area contributed by atoms with Crippen LogP contribution >= 0.6 is 0 Å². The first-order valence-corrected chi connectivity index (χ1v) is 7.87. The van der Waals surface area contributed by atoms with Crippen LogP contribution in [0.1, 0.15) is 63.0 Å². The quantitative estimate of drug-likeness (QED) is 0.670. The summed E-state index contributed by atoms with van der Waals surface area (Å²) in [6.07, 6.45) is 0. The van der Waals surface area contributed by atoms with Gasteiger partial charge in [-0.1, -0.05) is 24.3 Å². The van der Waals surface area contributed by atoms with Crippen molar-refractivity contribution in [1.82, 2.24) is 0 Å². The normalized spacial score (nSPS) is 13.1. The SMILES string of the molecule is COc1c(C(=O)OC(C)(C)C)ccc2c1C(=O)c1ccccc1C2=O. The summed E-state index contributed by atoms with van der Waals surface area (Å²) in [6, 6.07) is 9.56. The van der Waals surface area contributed by atoms with Crippen molar-refractivity contribution in [2.75, 3.05) is 7.11 Å². The second kappa shape index (κ2) is 5.84. The third-order valence-electron chi connectivity index (χ3n) is 3.87. The Labute approximate surface area is 145 Å². The molecule has 0 fully saturated rings. The summed E-state index contributed by atoms with van der Waals surface area (Å²) in [6.45, 7) is 5.25. The molecule has 0 atom stereocenters. The fourth-order valence-corrected chi connectivity index (χ4v) is 2.86. The number of carbonyl (C=O) groups is 3. The van der Waals surface area contributed by atoms with Crippen LogP contribution in [0.2, 0.25) is 0 Å². The number of hydrogen-bond acceptors (Lipinski definition) is 5. The highest BCUT2D eigenvalue weighted by atomic mass is 16.6. The number of carbonyl (C=O) groups excluding carboxylic acids is 3. The predicted molar refractivity (Wildman–Crippen MR) is 91.5 cm³/mol. The topological polar surface area (TPSA) is 69.7 Å². The highest BCUT2D eigenvalue weighted by Crippen LogP contribution is 2.36. The van der Waals surface area contributed by atoms with Crippen LogP contribution in [-0.2, 0) is 4.74 Å². The van der Waals surface area contributed by atoms with Gasteiger partial charge < -0.3 is 9.47 Å². The third-order valence-corrected chi connectivity index (χ3v) is 3.87. The van der Waals surface area contributed by atoms with Crippen LogP contribution in [0.3, 0.4) is 0 Å². The van der Waals surface area contributed by atoms with Crippen LogP contribution in [0.5, 0.6) is 5.75 Å². The molecule has 5 heteroatoms. The lowest BCUT2D eigenvalue weighted by molar-refractivity contribution is 0.00663. The van der Waals surface area contributed by atoms with Gasteiger partial charge in [-0.25, -0.2) is 4.79 Å². The summed E-state index contributed by atoms with van der Waals surface area (Å²) in [5.41, 5.74) is 0.426. The molecule has 0 spiro atoms. The molecule has 1 aliphatic rings. The molecule has 1 aliphatic carbocycles. The maximum Gasteiger partial charge on any atom is 0.342 e. The highest BCUT2D eigenvalue weighted by molar-refractivity contribution is 6.29. The van der Waals surface area contributed by atoms with Crippen LogP contribution < -0.4 is 4.74 Å². The zero-order valence-corrected chi connectivity index (χ0v) is 14.5. The van der Waals surface area contributed by atoms with Gasteiger partial charge in [0, 0.05) is 16.7 Å². The van der Waals surface area contributed by atoms with Crippen molar-refractivity contribution in [1.29, 1.82) is 0 Å². The van der Waals surface area contributed by atoms with Gasteiger partial charge in [-0.05, 0) is 32.9 Å². The molecule has 0 saturated carbocycles. The van der Waals surface area contributed by atoms with Crippen molar-refractivity contribution < 1.29 is 23.9 Å². The van der Waals surface area contributed by atoms with E-state index in [1.54, 1.807) is 45.0 Å². The Kier molecular flexibility index (Phi) is 3.95. The van der Waals surface area contributed by atoms with Crippen LogP contribution in [0.15, 0.2) is 36.4 Å². The minimum Gasteiger partial charge on any atom is -0.495 e. The number of methoxy groups -OCH3 is 1. The maximum atomic E-state index is 12.9. The van der Waals surface area contributed by atoms with Crippen LogP contribution in [0.4, 0.5) is 0 Å². The summed E-state index contributed by atoms with van der Waals surface area (Å²) < 4.78 is 10.7. The molecule has 0 amide bonds. The van der Waals surface area contributed by atoms with Crippen molar-refractivity contribution in [2.45, 2.75) is 26.4 Å². The lowest BCUT2D eigenvalue weighted by Crippen LogP contribution is -2.26. The molecular weight excluding hydrogens is 320 g/mol. The summed E-state index contributed by atoms with van der Waals surface area (Å²) in [7, 11) is 1.36. The van der Waals surface area contributed by atoms with Gasteiger partial charge in [0.25, 0.3) is 0 Å². The van der Waals surface area contributed by atoms with Gasteiger partial charge in [0.15, 0.2) is 11.6 Å².